The third-order valence-corrected chi connectivity index (χ3v) is 2.98. The maximum Gasteiger partial charge on any atom is 0.229 e. The van der Waals surface area contributed by atoms with Crippen molar-refractivity contribution in [2.24, 2.45) is 0 Å². The molecular weight excluding hydrogens is 240 g/mol. The molecule has 0 saturated heterocycles. The lowest BCUT2D eigenvalue weighted by Gasteiger charge is -2.15. The van der Waals surface area contributed by atoms with Crippen LogP contribution in [0, 0.1) is 0 Å². The van der Waals surface area contributed by atoms with Gasteiger partial charge in [0.2, 0.25) is 10.0 Å². The van der Waals surface area contributed by atoms with E-state index in [1.165, 1.54) is 0 Å². The third-order valence-electron chi connectivity index (χ3n) is 2.39. The summed E-state index contributed by atoms with van der Waals surface area (Å²) in [4.78, 5) is 0. The van der Waals surface area contributed by atoms with Gasteiger partial charge in [0.05, 0.1) is 23.7 Å². The molecule has 0 radical (unpaired) electrons. The first-order valence-corrected chi connectivity index (χ1v) is 7.34. The molecular formula is C11H16N2O3S. The molecule has 0 heterocycles. The van der Waals surface area contributed by atoms with Crippen LogP contribution < -0.4 is 14.8 Å². The minimum absolute atomic E-state index is 0.213. The van der Waals surface area contributed by atoms with Crippen LogP contribution in [0.2, 0.25) is 0 Å². The number of rotatable bonds is 5. The second-order valence-electron chi connectivity index (χ2n) is 4.12. The van der Waals surface area contributed by atoms with E-state index in [4.69, 9.17) is 4.74 Å². The van der Waals surface area contributed by atoms with Gasteiger partial charge in [-0.3, -0.25) is 4.72 Å². The first-order valence-electron chi connectivity index (χ1n) is 5.45. The predicted molar refractivity (Wildman–Crippen MR) is 68.1 cm³/mol. The van der Waals surface area contributed by atoms with Gasteiger partial charge in [-0.2, -0.15) is 0 Å². The van der Waals surface area contributed by atoms with Crippen LogP contribution in [0.25, 0.3) is 0 Å². The topological polar surface area (TPSA) is 67.4 Å². The van der Waals surface area contributed by atoms with Gasteiger partial charge in [0, 0.05) is 7.05 Å². The molecule has 0 bridgehead atoms. The molecule has 1 aromatic rings. The smallest absolute Gasteiger partial charge is 0.229 e. The molecule has 0 amide bonds. The second kappa shape index (κ2) is 4.44. The first-order chi connectivity index (χ1) is 7.99. The highest BCUT2D eigenvalue weighted by atomic mass is 32.2. The molecule has 1 fully saturated rings. The summed E-state index contributed by atoms with van der Waals surface area (Å²) in [5.74, 6) is 0.572. The zero-order valence-electron chi connectivity index (χ0n) is 9.86. The van der Waals surface area contributed by atoms with Crippen LogP contribution in [0.15, 0.2) is 18.2 Å². The standard InChI is InChI=1S/C11H16N2O3S/c1-12-9-4-3-5-10(13-17(2,14)15)11(9)16-8-6-7-8/h3-5,8,12-13H,6-7H2,1-2H3. The van der Waals surface area contributed by atoms with Gasteiger partial charge in [-0.1, -0.05) is 6.07 Å². The minimum Gasteiger partial charge on any atom is -0.486 e. The van der Waals surface area contributed by atoms with Gasteiger partial charge in [0.25, 0.3) is 0 Å². The largest absolute Gasteiger partial charge is 0.486 e. The molecule has 1 aliphatic carbocycles. The maximum atomic E-state index is 11.3. The summed E-state index contributed by atoms with van der Waals surface area (Å²) in [5, 5.41) is 3.00. The van der Waals surface area contributed by atoms with E-state index in [1.54, 1.807) is 19.2 Å². The van der Waals surface area contributed by atoms with Crippen molar-refractivity contribution in [3.63, 3.8) is 0 Å². The lowest BCUT2D eigenvalue weighted by atomic mass is 10.2. The number of hydrogen-bond acceptors (Lipinski definition) is 4. The Kier molecular flexibility index (Phi) is 3.15. The van der Waals surface area contributed by atoms with E-state index in [-0.39, 0.29) is 6.10 Å². The summed E-state index contributed by atoms with van der Waals surface area (Å²) < 4.78 is 30.7. The molecule has 0 unspecified atom stereocenters. The average molecular weight is 256 g/mol. The fourth-order valence-corrected chi connectivity index (χ4v) is 2.05. The Morgan fingerprint density at radius 3 is 2.47 bits per heavy atom. The van der Waals surface area contributed by atoms with Crippen molar-refractivity contribution in [2.45, 2.75) is 18.9 Å². The van der Waals surface area contributed by atoms with Gasteiger partial charge in [-0.05, 0) is 25.0 Å². The fourth-order valence-electron chi connectivity index (χ4n) is 1.49. The Morgan fingerprint density at radius 1 is 1.29 bits per heavy atom. The Hall–Kier alpha value is -1.43. The van der Waals surface area contributed by atoms with Crippen LogP contribution in [-0.4, -0.2) is 27.8 Å². The zero-order valence-corrected chi connectivity index (χ0v) is 10.7. The van der Waals surface area contributed by atoms with E-state index in [1.807, 2.05) is 6.07 Å². The number of benzene rings is 1. The second-order valence-corrected chi connectivity index (χ2v) is 5.87. The van der Waals surface area contributed by atoms with E-state index in [2.05, 4.69) is 10.0 Å². The van der Waals surface area contributed by atoms with Crippen LogP contribution in [0.1, 0.15) is 12.8 Å². The molecule has 5 nitrogen and oxygen atoms in total. The van der Waals surface area contributed by atoms with Crippen LogP contribution in [0.5, 0.6) is 5.75 Å². The minimum atomic E-state index is -3.30. The number of para-hydroxylation sites is 1. The van der Waals surface area contributed by atoms with Gasteiger partial charge in [-0.15, -0.1) is 0 Å². The number of hydrogen-bond donors (Lipinski definition) is 2. The highest BCUT2D eigenvalue weighted by Gasteiger charge is 2.26. The molecule has 0 aliphatic heterocycles. The summed E-state index contributed by atoms with van der Waals surface area (Å²) in [6, 6.07) is 5.32. The van der Waals surface area contributed by atoms with Crippen LogP contribution >= 0.6 is 0 Å². The fraction of sp³-hybridized carbons (Fsp3) is 0.455. The average Bonchev–Trinajstić information content (AvgIpc) is 3.02. The summed E-state index contributed by atoms with van der Waals surface area (Å²) in [7, 11) is -1.52. The van der Waals surface area contributed by atoms with Crippen molar-refractivity contribution < 1.29 is 13.2 Å². The van der Waals surface area contributed by atoms with Crippen LogP contribution in [0.3, 0.4) is 0 Å². The Morgan fingerprint density at radius 2 is 1.94 bits per heavy atom. The summed E-state index contributed by atoms with van der Waals surface area (Å²) >= 11 is 0. The molecule has 94 valence electrons. The monoisotopic (exact) mass is 256 g/mol. The third kappa shape index (κ3) is 3.26. The Labute approximate surface area is 101 Å². The van der Waals surface area contributed by atoms with Gasteiger partial charge in [0.15, 0.2) is 5.75 Å². The molecule has 1 saturated carbocycles. The number of ether oxygens (including phenoxy) is 1. The zero-order chi connectivity index (χ0) is 12.5. The molecule has 6 heteroatoms. The Balaban J connectivity index is 2.34. The predicted octanol–water partition coefficient (Wildman–Crippen LogP) is 1.64. The summed E-state index contributed by atoms with van der Waals surface area (Å²) in [5.41, 5.74) is 1.26. The van der Waals surface area contributed by atoms with Crippen molar-refractivity contribution in [1.29, 1.82) is 0 Å². The van der Waals surface area contributed by atoms with Crippen molar-refractivity contribution in [3.05, 3.63) is 18.2 Å². The lowest BCUT2D eigenvalue weighted by Crippen LogP contribution is -2.12. The molecule has 2 rings (SSSR count). The first kappa shape index (κ1) is 12.0. The van der Waals surface area contributed by atoms with Crippen LogP contribution in [-0.2, 0) is 10.0 Å². The van der Waals surface area contributed by atoms with E-state index in [0.29, 0.717) is 11.4 Å². The molecule has 2 N–H and O–H groups in total. The van der Waals surface area contributed by atoms with Gasteiger partial charge in [-0.25, -0.2) is 8.42 Å². The number of anilines is 2. The van der Waals surface area contributed by atoms with Gasteiger partial charge in [0.1, 0.15) is 0 Å². The SMILES string of the molecule is CNc1cccc(NS(C)(=O)=O)c1OC1CC1. The molecule has 1 aromatic carbocycles. The summed E-state index contributed by atoms with van der Waals surface area (Å²) in [6.07, 6.45) is 3.39. The van der Waals surface area contributed by atoms with Crippen molar-refractivity contribution in [1.82, 2.24) is 0 Å². The summed E-state index contributed by atoms with van der Waals surface area (Å²) in [6.45, 7) is 0. The molecule has 0 spiro atoms. The van der Waals surface area contributed by atoms with Gasteiger partial charge < -0.3 is 10.1 Å². The molecule has 1 aliphatic rings. The van der Waals surface area contributed by atoms with Crippen LogP contribution in [0.4, 0.5) is 11.4 Å². The molecule has 17 heavy (non-hydrogen) atoms. The molecule has 0 atom stereocenters. The highest BCUT2D eigenvalue weighted by Crippen LogP contribution is 2.38. The highest BCUT2D eigenvalue weighted by molar-refractivity contribution is 7.92. The van der Waals surface area contributed by atoms with E-state index < -0.39 is 10.0 Å². The van der Waals surface area contributed by atoms with E-state index in [0.717, 1.165) is 24.8 Å². The van der Waals surface area contributed by atoms with Crippen molar-refractivity contribution >= 4 is 21.4 Å². The van der Waals surface area contributed by atoms with Crippen molar-refractivity contribution in [3.8, 4) is 5.75 Å². The number of nitrogens with one attached hydrogen (secondary N) is 2. The number of sulfonamides is 1. The quantitative estimate of drug-likeness (QED) is 0.840. The van der Waals surface area contributed by atoms with E-state index >= 15 is 0 Å². The molecule has 0 aromatic heterocycles. The van der Waals surface area contributed by atoms with Crippen molar-refractivity contribution in [2.75, 3.05) is 23.3 Å². The van der Waals surface area contributed by atoms with E-state index in [9.17, 15) is 8.42 Å². The normalized spacial score (nSPS) is 15.4. The maximum absolute atomic E-state index is 11.3. The Bertz CT molecular complexity index is 509. The lowest BCUT2D eigenvalue weighted by molar-refractivity contribution is 0.306. The van der Waals surface area contributed by atoms with Gasteiger partial charge >= 0.3 is 0 Å².